The number of hydrogen-bond donors (Lipinski definition) is 3. The number of carbonyl (C=O) groups is 2. The largest absolute Gasteiger partial charge is 0.481 e. The number of hydrogen-bond acceptors (Lipinski definition) is 4. The predicted molar refractivity (Wildman–Crippen MR) is 72.5 cm³/mol. The highest BCUT2D eigenvalue weighted by molar-refractivity contribution is 5.77. The van der Waals surface area contributed by atoms with Crippen LogP contribution >= 0.6 is 0 Å². The number of nitrogens with zero attached hydrogens (tertiary/aromatic N) is 1. The molecule has 0 aromatic rings. The molecule has 0 aromatic carbocycles. The van der Waals surface area contributed by atoms with Crippen molar-refractivity contribution >= 4 is 12.0 Å². The molecule has 2 saturated heterocycles. The van der Waals surface area contributed by atoms with Crippen LogP contribution in [0.4, 0.5) is 4.79 Å². The summed E-state index contributed by atoms with van der Waals surface area (Å²) in [5.74, 6) is -1.20. The molecule has 0 aliphatic carbocycles. The van der Waals surface area contributed by atoms with Crippen LogP contribution in [0.25, 0.3) is 0 Å². The fraction of sp³-hybridized carbons (Fsp3) is 0.846. The molecule has 3 N–H and O–H groups in total. The molecule has 7 nitrogen and oxygen atoms in total. The summed E-state index contributed by atoms with van der Waals surface area (Å²) < 4.78 is 5.13. The maximum atomic E-state index is 12.0. The van der Waals surface area contributed by atoms with Gasteiger partial charge in [0.1, 0.15) is 5.92 Å². The van der Waals surface area contributed by atoms with Gasteiger partial charge < -0.3 is 25.4 Å². The molecule has 0 aromatic heterocycles. The Morgan fingerprint density at radius 2 is 1.95 bits per heavy atom. The van der Waals surface area contributed by atoms with Crippen molar-refractivity contribution in [2.24, 2.45) is 11.8 Å². The number of rotatable bonds is 3. The molecule has 2 rings (SSSR count). The predicted octanol–water partition coefficient (Wildman–Crippen LogP) is -0.275. The van der Waals surface area contributed by atoms with E-state index >= 15 is 0 Å². The van der Waals surface area contributed by atoms with E-state index in [4.69, 9.17) is 9.84 Å². The number of likely N-dealkylation sites (tertiary alicyclic amines) is 1. The van der Waals surface area contributed by atoms with Gasteiger partial charge in [-0.15, -0.1) is 0 Å². The lowest BCUT2D eigenvalue weighted by Crippen LogP contribution is -2.54. The minimum Gasteiger partial charge on any atom is -0.481 e. The van der Waals surface area contributed by atoms with Crippen LogP contribution < -0.4 is 10.6 Å². The van der Waals surface area contributed by atoms with Crippen LogP contribution in [0.5, 0.6) is 0 Å². The summed E-state index contributed by atoms with van der Waals surface area (Å²) in [7, 11) is 2.07. The quantitative estimate of drug-likeness (QED) is 0.664. The summed E-state index contributed by atoms with van der Waals surface area (Å²) in [4.78, 5) is 25.2. The minimum atomic E-state index is -0.930. The molecule has 0 bridgehead atoms. The van der Waals surface area contributed by atoms with Crippen LogP contribution in [-0.2, 0) is 9.53 Å². The normalized spacial score (nSPS) is 34.7. The molecule has 2 fully saturated rings. The van der Waals surface area contributed by atoms with Crippen LogP contribution in [0.1, 0.15) is 13.3 Å². The molecule has 20 heavy (non-hydrogen) atoms. The Labute approximate surface area is 118 Å². The van der Waals surface area contributed by atoms with E-state index in [-0.39, 0.29) is 25.3 Å². The number of carbonyl (C=O) groups excluding carboxylic acids is 1. The summed E-state index contributed by atoms with van der Waals surface area (Å²) in [5, 5.41) is 14.7. The summed E-state index contributed by atoms with van der Waals surface area (Å²) in [6.07, 6.45) is 0.911. The highest BCUT2D eigenvalue weighted by Gasteiger charge is 2.35. The van der Waals surface area contributed by atoms with Crippen molar-refractivity contribution in [3.8, 4) is 0 Å². The molecule has 0 saturated carbocycles. The summed E-state index contributed by atoms with van der Waals surface area (Å²) in [5.41, 5.74) is 0. The zero-order valence-electron chi connectivity index (χ0n) is 12.0. The third kappa shape index (κ3) is 3.61. The van der Waals surface area contributed by atoms with E-state index in [1.54, 1.807) is 0 Å². The molecule has 2 heterocycles. The van der Waals surface area contributed by atoms with Crippen molar-refractivity contribution in [2.45, 2.75) is 25.4 Å². The van der Waals surface area contributed by atoms with E-state index in [9.17, 15) is 9.59 Å². The first-order valence-electron chi connectivity index (χ1n) is 7.03. The van der Waals surface area contributed by atoms with Gasteiger partial charge in [-0.1, -0.05) is 6.92 Å². The second-order valence-corrected chi connectivity index (χ2v) is 5.84. The van der Waals surface area contributed by atoms with Gasteiger partial charge in [0, 0.05) is 12.6 Å². The summed E-state index contributed by atoms with van der Waals surface area (Å²) >= 11 is 0. The average Bonchev–Trinajstić information content (AvgIpc) is 2.81. The van der Waals surface area contributed by atoms with Crippen molar-refractivity contribution in [3.05, 3.63) is 0 Å². The third-order valence-electron chi connectivity index (χ3n) is 4.14. The zero-order chi connectivity index (χ0) is 14.7. The molecule has 2 aliphatic heterocycles. The second-order valence-electron chi connectivity index (χ2n) is 5.84. The number of carboxylic acid groups (broad SMARTS) is 1. The van der Waals surface area contributed by atoms with E-state index in [1.165, 1.54) is 0 Å². The van der Waals surface area contributed by atoms with Gasteiger partial charge in [0.2, 0.25) is 0 Å². The lowest BCUT2D eigenvalue weighted by molar-refractivity contribution is -0.142. The lowest BCUT2D eigenvalue weighted by Gasteiger charge is -2.35. The zero-order valence-corrected chi connectivity index (χ0v) is 12.0. The number of ether oxygens (including phenoxy) is 1. The molecule has 2 amide bonds. The number of nitrogens with one attached hydrogen (secondary N) is 2. The van der Waals surface area contributed by atoms with Crippen LogP contribution in [0, 0.1) is 11.8 Å². The first kappa shape index (κ1) is 15.1. The first-order chi connectivity index (χ1) is 9.47. The van der Waals surface area contributed by atoms with Gasteiger partial charge >= 0.3 is 12.0 Å². The highest BCUT2D eigenvalue weighted by Crippen LogP contribution is 2.16. The summed E-state index contributed by atoms with van der Waals surface area (Å²) in [6.45, 7) is 4.44. The molecule has 0 radical (unpaired) electrons. The maximum absolute atomic E-state index is 12.0. The van der Waals surface area contributed by atoms with E-state index in [0.29, 0.717) is 5.92 Å². The molecule has 4 atom stereocenters. The topological polar surface area (TPSA) is 90.9 Å². The summed E-state index contributed by atoms with van der Waals surface area (Å²) in [6, 6.07) is -0.612. The Morgan fingerprint density at radius 1 is 1.25 bits per heavy atom. The number of urea groups is 1. The molecule has 0 spiro atoms. The molecule has 2 aliphatic rings. The van der Waals surface area contributed by atoms with E-state index < -0.39 is 17.9 Å². The van der Waals surface area contributed by atoms with Crippen molar-refractivity contribution in [3.63, 3.8) is 0 Å². The molecule has 7 heteroatoms. The van der Waals surface area contributed by atoms with E-state index in [0.717, 1.165) is 19.5 Å². The first-order valence-corrected chi connectivity index (χ1v) is 7.03. The fourth-order valence-electron chi connectivity index (χ4n) is 2.89. The van der Waals surface area contributed by atoms with E-state index in [1.807, 2.05) is 0 Å². The van der Waals surface area contributed by atoms with Gasteiger partial charge in [-0.25, -0.2) is 4.79 Å². The Balaban J connectivity index is 1.82. The van der Waals surface area contributed by atoms with Gasteiger partial charge in [0.25, 0.3) is 0 Å². The Kier molecular flexibility index (Phi) is 4.82. The maximum Gasteiger partial charge on any atom is 0.315 e. The molecule has 114 valence electrons. The van der Waals surface area contributed by atoms with Gasteiger partial charge in [0.15, 0.2) is 0 Å². The van der Waals surface area contributed by atoms with E-state index in [2.05, 4.69) is 29.5 Å². The van der Waals surface area contributed by atoms with Crippen LogP contribution in [-0.4, -0.2) is 67.4 Å². The highest BCUT2D eigenvalue weighted by atomic mass is 16.5. The Bertz CT molecular complexity index is 377. The SMILES string of the molecule is CC1CN(C)CCC1NC(=O)NC1COCC1C(=O)O. The Morgan fingerprint density at radius 3 is 2.60 bits per heavy atom. The van der Waals surface area contributed by atoms with Crippen LogP contribution in [0.2, 0.25) is 0 Å². The van der Waals surface area contributed by atoms with Crippen LogP contribution in [0.15, 0.2) is 0 Å². The van der Waals surface area contributed by atoms with Gasteiger partial charge in [-0.3, -0.25) is 4.79 Å². The van der Waals surface area contributed by atoms with Crippen molar-refractivity contribution in [2.75, 3.05) is 33.4 Å². The number of piperidine rings is 1. The van der Waals surface area contributed by atoms with Crippen molar-refractivity contribution in [1.82, 2.24) is 15.5 Å². The van der Waals surface area contributed by atoms with Gasteiger partial charge in [0.05, 0.1) is 19.3 Å². The van der Waals surface area contributed by atoms with Gasteiger partial charge in [-0.05, 0) is 25.9 Å². The minimum absolute atomic E-state index is 0.136. The average molecular weight is 285 g/mol. The molecule has 4 unspecified atom stereocenters. The molecular weight excluding hydrogens is 262 g/mol. The Hall–Kier alpha value is -1.34. The number of amides is 2. The monoisotopic (exact) mass is 285 g/mol. The standard InChI is InChI=1S/C13H23N3O4/c1-8-5-16(2)4-3-10(8)14-13(19)15-11-7-20-6-9(11)12(17)18/h8-11H,3-7H2,1-2H3,(H,17,18)(H2,14,15,19). The number of carboxylic acids is 1. The smallest absolute Gasteiger partial charge is 0.315 e. The lowest BCUT2D eigenvalue weighted by atomic mass is 9.94. The number of aliphatic carboxylic acids is 1. The van der Waals surface area contributed by atoms with Crippen LogP contribution in [0.3, 0.4) is 0 Å². The van der Waals surface area contributed by atoms with Gasteiger partial charge in [-0.2, -0.15) is 0 Å². The van der Waals surface area contributed by atoms with Crippen molar-refractivity contribution in [1.29, 1.82) is 0 Å². The fourth-order valence-corrected chi connectivity index (χ4v) is 2.89. The second kappa shape index (κ2) is 6.41. The third-order valence-corrected chi connectivity index (χ3v) is 4.14. The molecular formula is C13H23N3O4. The van der Waals surface area contributed by atoms with Crippen molar-refractivity contribution < 1.29 is 19.4 Å².